The number of hydrogen-bond acceptors (Lipinski definition) is 6. The van der Waals surface area contributed by atoms with Gasteiger partial charge in [0, 0.05) is 0 Å². The fourth-order valence-corrected chi connectivity index (χ4v) is 1.66. The lowest BCUT2D eigenvalue weighted by Crippen LogP contribution is -2.26. The first-order valence-electron chi connectivity index (χ1n) is 5.63. The lowest BCUT2D eigenvalue weighted by Gasteiger charge is -2.15. The number of nitrogens with one attached hydrogen (secondary N) is 2. The van der Waals surface area contributed by atoms with Crippen LogP contribution in [0.3, 0.4) is 0 Å². The molecule has 2 aromatic rings. The monoisotopic (exact) mass is 301 g/mol. The molecule has 0 aliphatic heterocycles. The number of benzene rings is 1. The Bertz CT molecular complexity index is 627. The van der Waals surface area contributed by atoms with Gasteiger partial charge in [-0.15, -0.1) is 0 Å². The lowest BCUT2D eigenvalue weighted by atomic mass is 10.1. The second kappa shape index (κ2) is 5.79. The zero-order chi connectivity index (χ0) is 15.5. The molecular weight excluding hydrogens is 291 g/mol. The van der Waals surface area contributed by atoms with E-state index in [1.807, 2.05) is 5.43 Å². The van der Waals surface area contributed by atoms with E-state index >= 15 is 0 Å². The van der Waals surface area contributed by atoms with Crippen molar-refractivity contribution in [3.05, 3.63) is 41.5 Å². The fraction of sp³-hybridized carbons (Fsp3) is 0.182. The molecule has 7 nitrogen and oxygen atoms in total. The number of nitrogens with two attached hydrogens (primary N) is 1. The van der Waals surface area contributed by atoms with Crippen LogP contribution in [-0.2, 0) is 12.7 Å². The van der Waals surface area contributed by atoms with Gasteiger partial charge in [0.15, 0.2) is 5.82 Å². The van der Waals surface area contributed by atoms with Crippen LogP contribution in [0.1, 0.15) is 21.7 Å². The molecule has 112 valence electrons. The lowest BCUT2D eigenvalue weighted by molar-refractivity contribution is -0.137. The van der Waals surface area contributed by atoms with Gasteiger partial charge in [-0.05, 0) is 12.1 Å². The second-order valence-corrected chi connectivity index (χ2v) is 3.90. The summed E-state index contributed by atoms with van der Waals surface area (Å²) in [7, 11) is 0. The Balaban J connectivity index is 2.24. The van der Waals surface area contributed by atoms with Crippen LogP contribution in [0, 0.1) is 0 Å². The molecular formula is C11H10F3N5O2. The Kier molecular flexibility index (Phi) is 4.08. The average Bonchev–Trinajstić information content (AvgIpc) is 2.96. The van der Waals surface area contributed by atoms with E-state index in [2.05, 4.69) is 20.0 Å². The molecule has 1 aromatic carbocycles. The van der Waals surface area contributed by atoms with Crippen molar-refractivity contribution in [2.45, 2.75) is 12.7 Å². The van der Waals surface area contributed by atoms with Gasteiger partial charge in [0.25, 0.3) is 5.91 Å². The summed E-state index contributed by atoms with van der Waals surface area (Å²) >= 11 is 0. The number of para-hydroxylation sites is 1. The van der Waals surface area contributed by atoms with E-state index in [4.69, 9.17) is 5.84 Å². The van der Waals surface area contributed by atoms with Gasteiger partial charge in [-0.2, -0.15) is 18.2 Å². The quantitative estimate of drug-likeness (QED) is 0.580. The molecule has 21 heavy (non-hydrogen) atoms. The van der Waals surface area contributed by atoms with E-state index in [0.717, 1.165) is 18.5 Å². The van der Waals surface area contributed by atoms with Crippen LogP contribution in [0.4, 0.5) is 18.9 Å². The van der Waals surface area contributed by atoms with E-state index < -0.39 is 23.3 Å². The first-order valence-corrected chi connectivity index (χ1v) is 5.63. The number of amides is 1. The van der Waals surface area contributed by atoms with Crippen molar-refractivity contribution in [2.75, 3.05) is 5.43 Å². The first-order chi connectivity index (χ1) is 9.93. The summed E-state index contributed by atoms with van der Waals surface area (Å²) in [6.07, 6.45) is -3.57. The van der Waals surface area contributed by atoms with Crippen LogP contribution in [0.25, 0.3) is 0 Å². The van der Waals surface area contributed by atoms with Crippen LogP contribution >= 0.6 is 0 Å². The fourth-order valence-electron chi connectivity index (χ4n) is 1.66. The topological polar surface area (TPSA) is 106 Å². The number of hydrazine groups is 1. The number of nitrogens with zero attached hydrogens (tertiary/aromatic N) is 2. The van der Waals surface area contributed by atoms with Gasteiger partial charge in [-0.3, -0.25) is 10.6 Å². The number of nitrogen functional groups attached to an aromatic ring is 1. The number of anilines is 1. The molecule has 0 aliphatic carbocycles. The summed E-state index contributed by atoms with van der Waals surface area (Å²) in [5, 5.41) is 5.83. The van der Waals surface area contributed by atoms with Crippen LogP contribution in [-0.4, -0.2) is 16.0 Å². The predicted octanol–water partition coefficient (Wildman–Crippen LogP) is 1.30. The molecule has 0 aliphatic rings. The summed E-state index contributed by atoms with van der Waals surface area (Å²) in [6.45, 7) is -0.0877. The molecule has 0 radical (unpaired) electrons. The van der Waals surface area contributed by atoms with Crippen molar-refractivity contribution in [1.29, 1.82) is 0 Å². The largest absolute Gasteiger partial charge is 0.418 e. The molecule has 1 heterocycles. The van der Waals surface area contributed by atoms with Crippen LogP contribution in [0.5, 0.6) is 0 Å². The molecule has 4 N–H and O–H groups in total. The number of carbonyl (C=O) groups is 1. The van der Waals surface area contributed by atoms with Crippen molar-refractivity contribution in [1.82, 2.24) is 15.5 Å². The summed E-state index contributed by atoms with van der Waals surface area (Å²) in [5.74, 6) is 4.55. The van der Waals surface area contributed by atoms with Crippen LogP contribution in [0.2, 0.25) is 0 Å². The third kappa shape index (κ3) is 3.28. The number of halogens is 3. The minimum atomic E-state index is -4.63. The summed E-state index contributed by atoms with van der Waals surface area (Å²) in [6, 6.07) is 3.16. The van der Waals surface area contributed by atoms with Crippen LogP contribution in [0.15, 0.2) is 29.1 Å². The standard InChI is InChI=1S/C11H10F3N5O2/c12-11(13,14)7-3-1-2-6(9(7)18-15)10(20)16-4-8-17-5-21-19-8/h1-3,5,18H,4,15H2,(H,16,20). The minimum Gasteiger partial charge on any atom is -0.345 e. The maximum Gasteiger partial charge on any atom is 0.418 e. The molecule has 0 bridgehead atoms. The number of carbonyl (C=O) groups excluding carboxylic acids is 1. The van der Waals surface area contributed by atoms with Gasteiger partial charge in [0.1, 0.15) is 0 Å². The molecule has 0 spiro atoms. The highest BCUT2D eigenvalue weighted by Crippen LogP contribution is 2.36. The molecule has 1 amide bonds. The maximum absolute atomic E-state index is 12.8. The highest BCUT2D eigenvalue weighted by atomic mass is 19.4. The summed E-state index contributed by atoms with van der Waals surface area (Å²) in [5.41, 5.74) is 0.140. The number of alkyl halides is 3. The minimum absolute atomic E-state index is 0.0877. The van der Waals surface area contributed by atoms with Crippen molar-refractivity contribution in [3.63, 3.8) is 0 Å². The van der Waals surface area contributed by atoms with Gasteiger partial charge in [-0.1, -0.05) is 11.2 Å². The molecule has 10 heteroatoms. The Hall–Kier alpha value is -2.62. The van der Waals surface area contributed by atoms with Crippen molar-refractivity contribution >= 4 is 11.6 Å². The number of rotatable bonds is 4. The maximum atomic E-state index is 12.8. The van der Waals surface area contributed by atoms with E-state index in [1.165, 1.54) is 6.07 Å². The van der Waals surface area contributed by atoms with E-state index in [-0.39, 0.29) is 17.9 Å². The first kappa shape index (κ1) is 14.8. The molecule has 0 unspecified atom stereocenters. The normalized spacial score (nSPS) is 11.2. The highest BCUT2D eigenvalue weighted by Gasteiger charge is 2.35. The Morgan fingerprint density at radius 2 is 2.14 bits per heavy atom. The zero-order valence-electron chi connectivity index (χ0n) is 10.4. The number of hydrogen-bond donors (Lipinski definition) is 3. The predicted molar refractivity (Wildman–Crippen MR) is 64.7 cm³/mol. The molecule has 2 rings (SSSR count). The van der Waals surface area contributed by atoms with Crippen molar-refractivity contribution in [3.8, 4) is 0 Å². The molecule has 0 fully saturated rings. The summed E-state index contributed by atoms with van der Waals surface area (Å²) in [4.78, 5) is 15.6. The van der Waals surface area contributed by atoms with Crippen molar-refractivity contribution in [2.24, 2.45) is 5.84 Å². The Morgan fingerprint density at radius 3 is 2.71 bits per heavy atom. The van der Waals surface area contributed by atoms with Gasteiger partial charge in [0.2, 0.25) is 6.39 Å². The molecule has 0 atom stereocenters. The third-order valence-corrected chi connectivity index (χ3v) is 2.57. The highest BCUT2D eigenvalue weighted by molar-refractivity contribution is 6.00. The summed E-state index contributed by atoms with van der Waals surface area (Å²) < 4.78 is 43.0. The average molecular weight is 301 g/mol. The molecule has 1 aromatic heterocycles. The van der Waals surface area contributed by atoms with Crippen molar-refractivity contribution < 1.29 is 22.5 Å². The Morgan fingerprint density at radius 1 is 1.38 bits per heavy atom. The van der Waals surface area contributed by atoms with Crippen LogP contribution < -0.4 is 16.6 Å². The smallest absolute Gasteiger partial charge is 0.345 e. The van der Waals surface area contributed by atoms with E-state index in [1.54, 1.807) is 0 Å². The Labute approximate surface area is 116 Å². The zero-order valence-corrected chi connectivity index (χ0v) is 10.4. The van der Waals surface area contributed by atoms with E-state index in [0.29, 0.717) is 0 Å². The third-order valence-electron chi connectivity index (χ3n) is 2.57. The van der Waals surface area contributed by atoms with Gasteiger partial charge < -0.3 is 15.3 Å². The second-order valence-electron chi connectivity index (χ2n) is 3.90. The number of aromatic nitrogens is 2. The SMILES string of the molecule is NNc1c(C(=O)NCc2ncon2)cccc1C(F)(F)F. The van der Waals surface area contributed by atoms with Gasteiger partial charge in [-0.25, -0.2) is 0 Å². The van der Waals surface area contributed by atoms with E-state index in [9.17, 15) is 18.0 Å². The van der Waals surface area contributed by atoms with Gasteiger partial charge >= 0.3 is 6.18 Å². The molecule has 0 saturated heterocycles. The van der Waals surface area contributed by atoms with Gasteiger partial charge in [0.05, 0.1) is 23.4 Å². The molecule has 0 saturated carbocycles.